The van der Waals surface area contributed by atoms with Gasteiger partial charge in [0.1, 0.15) is 29.4 Å². The SMILES string of the molecule is Cc1nccn1-c1cc(NC(=O)COc2cccc3c2OC(C)(C)C3)ncn1. The summed E-state index contributed by atoms with van der Waals surface area (Å²) < 4.78 is 13.5. The number of hydrogen-bond donors (Lipinski definition) is 1. The first kappa shape index (κ1) is 18.0. The highest BCUT2D eigenvalue weighted by atomic mass is 16.5. The lowest BCUT2D eigenvalue weighted by Gasteiger charge is -2.18. The Morgan fingerprint density at radius 2 is 2.18 bits per heavy atom. The molecule has 4 rings (SSSR count). The molecule has 1 aromatic carbocycles. The molecule has 8 heteroatoms. The average molecular weight is 379 g/mol. The number of nitrogens with one attached hydrogen (secondary N) is 1. The number of fused-ring (bicyclic) bond motifs is 1. The Morgan fingerprint density at radius 1 is 1.32 bits per heavy atom. The molecule has 144 valence electrons. The van der Waals surface area contributed by atoms with E-state index in [0.717, 1.165) is 17.8 Å². The third-order valence-electron chi connectivity index (χ3n) is 4.41. The van der Waals surface area contributed by atoms with E-state index >= 15 is 0 Å². The van der Waals surface area contributed by atoms with E-state index in [2.05, 4.69) is 20.3 Å². The monoisotopic (exact) mass is 379 g/mol. The summed E-state index contributed by atoms with van der Waals surface area (Å²) in [4.78, 5) is 24.8. The van der Waals surface area contributed by atoms with E-state index in [1.54, 1.807) is 29.1 Å². The van der Waals surface area contributed by atoms with Gasteiger partial charge in [-0.15, -0.1) is 0 Å². The number of anilines is 1. The van der Waals surface area contributed by atoms with Crippen LogP contribution in [0.5, 0.6) is 11.5 Å². The molecule has 0 saturated carbocycles. The highest BCUT2D eigenvalue weighted by Crippen LogP contribution is 2.41. The predicted octanol–water partition coefficient (Wildman–Crippen LogP) is 2.70. The fourth-order valence-electron chi connectivity index (χ4n) is 3.19. The molecule has 2 aromatic heterocycles. The number of para-hydroxylation sites is 1. The maximum atomic E-state index is 12.3. The van der Waals surface area contributed by atoms with Crippen molar-refractivity contribution in [3.8, 4) is 17.3 Å². The van der Waals surface area contributed by atoms with Crippen molar-refractivity contribution < 1.29 is 14.3 Å². The second-order valence-electron chi connectivity index (χ2n) is 7.23. The van der Waals surface area contributed by atoms with Gasteiger partial charge in [0, 0.05) is 30.4 Å². The third kappa shape index (κ3) is 3.66. The van der Waals surface area contributed by atoms with Gasteiger partial charge >= 0.3 is 0 Å². The van der Waals surface area contributed by atoms with E-state index in [-0.39, 0.29) is 18.1 Å². The molecule has 0 unspecified atom stereocenters. The van der Waals surface area contributed by atoms with Crippen LogP contribution in [-0.4, -0.2) is 37.6 Å². The number of ether oxygens (including phenoxy) is 2. The van der Waals surface area contributed by atoms with Gasteiger partial charge in [0.15, 0.2) is 18.1 Å². The Bertz CT molecular complexity index is 1030. The molecule has 0 aliphatic carbocycles. The molecule has 3 aromatic rings. The van der Waals surface area contributed by atoms with Crippen molar-refractivity contribution in [2.45, 2.75) is 32.8 Å². The number of nitrogens with zero attached hydrogens (tertiary/aromatic N) is 4. The first-order chi connectivity index (χ1) is 13.4. The summed E-state index contributed by atoms with van der Waals surface area (Å²) in [6, 6.07) is 7.40. The van der Waals surface area contributed by atoms with Gasteiger partial charge < -0.3 is 14.8 Å². The molecule has 0 atom stereocenters. The molecule has 28 heavy (non-hydrogen) atoms. The Balaban J connectivity index is 1.42. The summed E-state index contributed by atoms with van der Waals surface area (Å²) in [6.07, 6.45) is 5.68. The van der Waals surface area contributed by atoms with E-state index in [0.29, 0.717) is 23.1 Å². The molecule has 0 radical (unpaired) electrons. The zero-order chi connectivity index (χ0) is 19.7. The normalized spacial score (nSPS) is 14.2. The molecule has 1 N–H and O–H groups in total. The highest BCUT2D eigenvalue weighted by molar-refractivity contribution is 5.91. The zero-order valence-corrected chi connectivity index (χ0v) is 16.0. The molecule has 0 spiro atoms. The van der Waals surface area contributed by atoms with Crippen LogP contribution in [0.1, 0.15) is 25.2 Å². The van der Waals surface area contributed by atoms with Gasteiger partial charge in [0.05, 0.1) is 0 Å². The number of carbonyl (C=O) groups excluding carboxylic acids is 1. The van der Waals surface area contributed by atoms with E-state index in [4.69, 9.17) is 9.47 Å². The quantitative estimate of drug-likeness (QED) is 0.733. The molecular weight excluding hydrogens is 358 g/mol. The molecule has 1 aliphatic heterocycles. The second kappa shape index (κ2) is 6.95. The van der Waals surface area contributed by atoms with Crippen molar-refractivity contribution in [2.24, 2.45) is 0 Å². The Kier molecular flexibility index (Phi) is 4.46. The Morgan fingerprint density at radius 3 is 2.96 bits per heavy atom. The summed E-state index contributed by atoms with van der Waals surface area (Å²) in [5.74, 6) is 2.76. The van der Waals surface area contributed by atoms with Crippen LogP contribution in [-0.2, 0) is 11.2 Å². The van der Waals surface area contributed by atoms with Crippen LogP contribution < -0.4 is 14.8 Å². The fraction of sp³-hybridized carbons (Fsp3) is 0.300. The number of carbonyl (C=O) groups is 1. The molecule has 8 nitrogen and oxygen atoms in total. The lowest BCUT2D eigenvalue weighted by atomic mass is 10.0. The molecule has 0 bridgehead atoms. The number of imidazole rings is 1. The summed E-state index contributed by atoms with van der Waals surface area (Å²) in [5, 5.41) is 2.73. The van der Waals surface area contributed by atoms with Crippen LogP contribution in [0.2, 0.25) is 0 Å². The summed E-state index contributed by atoms with van der Waals surface area (Å²) in [7, 11) is 0. The minimum absolute atomic E-state index is 0.149. The molecule has 0 fully saturated rings. The predicted molar refractivity (Wildman–Crippen MR) is 103 cm³/mol. The summed E-state index contributed by atoms with van der Waals surface area (Å²) in [5.41, 5.74) is 0.811. The number of aromatic nitrogens is 4. The smallest absolute Gasteiger partial charge is 0.263 e. The second-order valence-corrected chi connectivity index (χ2v) is 7.23. The van der Waals surface area contributed by atoms with E-state index in [1.807, 2.05) is 32.9 Å². The van der Waals surface area contributed by atoms with Crippen LogP contribution in [0.25, 0.3) is 5.82 Å². The van der Waals surface area contributed by atoms with Crippen molar-refractivity contribution in [3.63, 3.8) is 0 Å². The van der Waals surface area contributed by atoms with Crippen molar-refractivity contribution >= 4 is 11.7 Å². The molecule has 1 aliphatic rings. The first-order valence-electron chi connectivity index (χ1n) is 8.97. The van der Waals surface area contributed by atoms with Crippen molar-refractivity contribution in [3.05, 3.63) is 54.4 Å². The standard InChI is InChI=1S/C20H21N5O3/c1-13-21-7-8-25(13)17-9-16(22-12-23-17)24-18(26)11-27-15-6-4-5-14-10-20(2,3)28-19(14)15/h4-9,12H,10-11H2,1-3H3,(H,22,23,24,26). The van der Waals surface area contributed by atoms with Crippen LogP contribution in [0, 0.1) is 6.92 Å². The maximum absolute atomic E-state index is 12.3. The first-order valence-corrected chi connectivity index (χ1v) is 8.97. The van der Waals surface area contributed by atoms with Gasteiger partial charge in [0.2, 0.25) is 0 Å². The van der Waals surface area contributed by atoms with Crippen molar-refractivity contribution in [2.75, 3.05) is 11.9 Å². The van der Waals surface area contributed by atoms with E-state index in [1.165, 1.54) is 6.33 Å². The minimum atomic E-state index is -0.318. The third-order valence-corrected chi connectivity index (χ3v) is 4.41. The van der Waals surface area contributed by atoms with Crippen molar-refractivity contribution in [1.29, 1.82) is 0 Å². The lowest BCUT2D eigenvalue weighted by Crippen LogP contribution is -2.25. The minimum Gasteiger partial charge on any atom is -0.483 e. The maximum Gasteiger partial charge on any atom is 0.263 e. The van der Waals surface area contributed by atoms with Gasteiger partial charge in [-0.3, -0.25) is 9.36 Å². The van der Waals surface area contributed by atoms with Crippen LogP contribution >= 0.6 is 0 Å². The lowest BCUT2D eigenvalue weighted by molar-refractivity contribution is -0.118. The Labute approximate surface area is 162 Å². The van der Waals surface area contributed by atoms with Crippen LogP contribution in [0.3, 0.4) is 0 Å². The zero-order valence-electron chi connectivity index (χ0n) is 16.0. The fourth-order valence-corrected chi connectivity index (χ4v) is 3.19. The number of rotatable bonds is 5. The van der Waals surface area contributed by atoms with Gasteiger partial charge in [0.25, 0.3) is 5.91 Å². The van der Waals surface area contributed by atoms with Crippen molar-refractivity contribution in [1.82, 2.24) is 19.5 Å². The topological polar surface area (TPSA) is 91.2 Å². The summed E-state index contributed by atoms with van der Waals surface area (Å²) in [6.45, 7) is 5.77. The number of hydrogen-bond acceptors (Lipinski definition) is 6. The molecule has 1 amide bonds. The molecule has 0 saturated heterocycles. The van der Waals surface area contributed by atoms with Crippen LogP contribution in [0.15, 0.2) is 43.0 Å². The number of aryl methyl sites for hydroxylation is 1. The highest BCUT2D eigenvalue weighted by Gasteiger charge is 2.32. The number of amides is 1. The average Bonchev–Trinajstić information content (AvgIpc) is 3.21. The van der Waals surface area contributed by atoms with E-state index in [9.17, 15) is 4.79 Å². The van der Waals surface area contributed by atoms with Gasteiger partial charge in [-0.05, 0) is 26.8 Å². The molecule has 3 heterocycles. The number of benzene rings is 1. The largest absolute Gasteiger partial charge is 0.483 e. The van der Waals surface area contributed by atoms with Gasteiger partial charge in [-0.1, -0.05) is 12.1 Å². The Hall–Kier alpha value is -3.42. The van der Waals surface area contributed by atoms with Crippen LogP contribution in [0.4, 0.5) is 5.82 Å². The van der Waals surface area contributed by atoms with Gasteiger partial charge in [-0.25, -0.2) is 15.0 Å². The van der Waals surface area contributed by atoms with Gasteiger partial charge in [-0.2, -0.15) is 0 Å². The molecular formula is C20H21N5O3. The van der Waals surface area contributed by atoms with E-state index < -0.39 is 0 Å². The summed E-state index contributed by atoms with van der Waals surface area (Å²) >= 11 is 0.